The van der Waals surface area contributed by atoms with E-state index in [1.807, 2.05) is 24.3 Å². The Morgan fingerprint density at radius 3 is 2.21 bits per heavy atom. The van der Waals surface area contributed by atoms with Crippen LogP contribution in [0.4, 0.5) is 4.79 Å². The van der Waals surface area contributed by atoms with Crippen LogP contribution in [0.1, 0.15) is 55.6 Å². The average molecular weight is 461 g/mol. The van der Waals surface area contributed by atoms with E-state index in [1.54, 1.807) is 0 Å². The van der Waals surface area contributed by atoms with Crippen LogP contribution in [0.5, 0.6) is 0 Å². The molecule has 7 heteroatoms. The first-order valence-electron chi connectivity index (χ1n) is 12.1. The van der Waals surface area contributed by atoms with Crippen LogP contribution in [0, 0.1) is 11.3 Å². The molecule has 3 fully saturated rings. The maximum absolute atomic E-state index is 13.0. The van der Waals surface area contributed by atoms with Crippen molar-refractivity contribution >= 4 is 18.0 Å². The van der Waals surface area contributed by atoms with Gasteiger partial charge in [0, 0.05) is 12.0 Å². The van der Waals surface area contributed by atoms with Crippen molar-refractivity contribution in [2.75, 3.05) is 6.61 Å². The predicted octanol–water partition coefficient (Wildman–Crippen LogP) is 3.82. The lowest BCUT2D eigenvalue weighted by Gasteiger charge is -2.39. The third-order valence-electron chi connectivity index (χ3n) is 8.50. The highest BCUT2D eigenvalue weighted by Gasteiger charge is 2.66. The lowest BCUT2D eigenvalue weighted by atomic mass is 9.76. The maximum Gasteiger partial charge on any atom is 0.407 e. The molecule has 0 saturated heterocycles. The highest BCUT2D eigenvalue weighted by atomic mass is 16.5. The largest absolute Gasteiger partial charge is 0.480 e. The zero-order valence-corrected chi connectivity index (χ0v) is 18.9. The van der Waals surface area contributed by atoms with Crippen molar-refractivity contribution in [2.24, 2.45) is 11.3 Å². The van der Waals surface area contributed by atoms with E-state index < -0.39 is 23.0 Å². The Hall–Kier alpha value is -3.35. The normalized spacial score (nSPS) is 27.5. The molecule has 4 aliphatic carbocycles. The van der Waals surface area contributed by atoms with Gasteiger partial charge in [0.2, 0.25) is 5.91 Å². The first-order valence-corrected chi connectivity index (χ1v) is 12.1. The zero-order chi connectivity index (χ0) is 23.5. The molecule has 34 heavy (non-hydrogen) atoms. The van der Waals surface area contributed by atoms with Crippen LogP contribution in [0.25, 0.3) is 11.1 Å². The third kappa shape index (κ3) is 3.21. The molecule has 0 aliphatic heterocycles. The number of fused-ring (bicyclic) bond motifs is 4. The number of carbonyl (C=O) groups excluding carboxylic acids is 2. The minimum Gasteiger partial charge on any atom is -0.480 e. The van der Waals surface area contributed by atoms with E-state index in [-0.39, 0.29) is 30.4 Å². The molecule has 0 heterocycles. The molecule has 2 amide bonds. The van der Waals surface area contributed by atoms with Gasteiger partial charge >= 0.3 is 12.1 Å². The second kappa shape index (κ2) is 7.58. The molecule has 2 aromatic carbocycles. The summed E-state index contributed by atoms with van der Waals surface area (Å²) in [6.07, 6.45) is 3.32. The maximum atomic E-state index is 13.0. The predicted molar refractivity (Wildman–Crippen MR) is 124 cm³/mol. The summed E-state index contributed by atoms with van der Waals surface area (Å²) in [5.74, 6) is -0.928. The summed E-state index contributed by atoms with van der Waals surface area (Å²) < 4.78 is 5.66. The third-order valence-corrected chi connectivity index (χ3v) is 8.50. The zero-order valence-electron chi connectivity index (χ0n) is 18.9. The van der Waals surface area contributed by atoms with E-state index >= 15 is 0 Å². The lowest BCUT2D eigenvalue weighted by molar-refractivity contribution is -0.152. The first kappa shape index (κ1) is 21.2. The first-order chi connectivity index (χ1) is 16.4. The Morgan fingerprint density at radius 2 is 1.62 bits per heavy atom. The van der Waals surface area contributed by atoms with Crippen LogP contribution in [0.3, 0.4) is 0 Å². The average Bonchev–Trinajstić information content (AvgIpc) is 3.23. The summed E-state index contributed by atoms with van der Waals surface area (Å²) in [4.78, 5) is 37.2. The number of carboxylic acid groups (broad SMARTS) is 1. The van der Waals surface area contributed by atoms with E-state index in [2.05, 4.69) is 34.9 Å². The number of aliphatic carboxylic acids is 1. The van der Waals surface area contributed by atoms with E-state index in [4.69, 9.17) is 4.74 Å². The summed E-state index contributed by atoms with van der Waals surface area (Å²) >= 11 is 0. The molecule has 176 valence electrons. The van der Waals surface area contributed by atoms with Crippen molar-refractivity contribution in [1.29, 1.82) is 0 Å². The van der Waals surface area contributed by atoms with Crippen molar-refractivity contribution in [3.8, 4) is 11.1 Å². The lowest BCUT2D eigenvalue weighted by Crippen LogP contribution is -2.60. The van der Waals surface area contributed by atoms with Crippen LogP contribution in [-0.4, -0.2) is 41.3 Å². The van der Waals surface area contributed by atoms with Crippen LogP contribution in [0.15, 0.2) is 48.5 Å². The van der Waals surface area contributed by atoms with Crippen molar-refractivity contribution in [3.05, 3.63) is 59.7 Å². The minimum absolute atomic E-state index is 0.00179. The molecule has 3 atom stereocenters. The molecule has 7 nitrogen and oxygen atoms in total. The number of benzene rings is 2. The van der Waals surface area contributed by atoms with Gasteiger partial charge in [-0.25, -0.2) is 9.59 Å². The molecule has 0 bridgehead atoms. The number of nitrogens with one attached hydrogen (secondary N) is 2. The van der Waals surface area contributed by atoms with Crippen molar-refractivity contribution < 1.29 is 24.2 Å². The molecule has 6 rings (SSSR count). The monoisotopic (exact) mass is 460 g/mol. The molecule has 3 unspecified atom stereocenters. The number of alkyl carbamates (subject to hydrolysis) is 1. The fourth-order valence-corrected chi connectivity index (χ4v) is 6.36. The Kier molecular flexibility index (Phi) is 4.73. The van der Waals surface area contributed by atoms with Gasteiger partial charge in [0.1, 0.15) is 12.1 Å². The fourth-order valence-electron chi connectivity index (χ4n) is 6.36. The van der Waals surface area contributed by atoms with Crippen LogP contribution in [-0.2, 0) is 14.3 Å². The van der Waals surface area contributed by atoms with Gasteiger partial charge in [-0.3, -0.25) is 4.79 Å². The highest BCUT2D eigenvalue weighted by Crippen LogP contribution is 2.64. The summed E-state index contributed by atoms with van der Waals surface area (Å²) in [5.41, 5.74) is 3.05. The van der Waals surface area contributed by atoms with Gasteiger partial charge in [-0.05, 0) is 66.7 Å². The summed E-state index contributed by atoms with van der Waals surface area (Å²) in [7, 11) is 0. The second-order valence-electron chi connectivity index (χ2n) is 10.4. The number of rotatable bonds is 6. The molecule has 2 aromatic rings. The van der Waals surface area contributed by atoms with E-state index in [0.717, 1.165) is 30.4 Å². The van der Waals surface area contributed by atoms with Gasteiger partial charge in [0.05, 0.1) is 5.41 Å². The molecule has 3 N–H and O–H groups in total. The number of amides is 2. The van der Waals surface area contributed by atoms with E-state index in [0.29, 0.717) is 19.3 Å². The van der Waals surface area contributed by atoms with Crippen LogP contribution >= 0.6 is 0 Å². The Balaban J connectivity index is 1.06. The quantitative estimate of drug-likeness (QED) is 0.608. The number of ether oxygens (including phenoxy) is 1. The van der Waals surface area contributed by atoms with Crippen molar-refractivity contribution in [1.82, 2.24) is 10.6 Å². The molecule has 0 aromatic heterocycles. The summed E-state index contributed by atoms with van der Waals surface area (Å²) in [5, 5.41) is 15.3. The fraction of sp³-hybridized carbons (Fsp3) is 0.444. The van der Waals surface area contributed by atoms with Gasteiger partial charge in [0.25, 0.3) is 0 Å². The summed E-state index contributed by atoms with van der Waals surface area (Å²) in [6.45, 7) is 0.253. The Labute approximate surface area is 197 Å². The summed E-state index contributed by atoms with van der Waals surface area (Å²) in [6, 6.07) is 16.3. The van der Waals surface area contributed by atoms with E-state index in [1.165, 1.54) is 11.1 Å². The Morgan fingerprint density at radius 1 is 0.971 bits per heavy atom. The molecular weight excluding hydrogens is 432 g/mol. The highest BCUT2D eigenvalue weighted by molar-refractivity contribution is 5.93. The van der Waals surface area contributed by atoms with Crippen LogP contribution < -0.4 is 10.6 Å². The topological polar surface area (TPSA) is 105 Å². The number of carbonyl (C=O) groups is 3. The van der Waals surface area contributed by atoms with Gasteiger partial charge in [0.15, 0.2) is 0 Å². The number of carboxylic acids is 1. The smallest absolute Gasteiger partial charge is 0.407 e. The molecule has 3 saturated carbocycles. The minimum atomic E-state index is -1.10. The molecule has 4 aliphatic rings. The second-order valence-corrected chi connectivity index (χ2v) is 10.4. The molecule has 0 spiro atoms. The van der Waals surface area contributed by atoms with Gasteiger partial charge in [-0.2, -0.15) is 0 Å². The van der Waals surface area contributed by atoms with Crippen molar-refractivity contribution in [2.45, 2.75) is 56.0 Å². The van der Waals surface area contributed by atoms with Crippen LogP contribution in [0.2, 0.25) is 0 Å². The molecule has 0 radical (unpaired) electrons. The molecular formula is C27H28N2O5. The van der Waals surface area contributed by atoms with Gasteiger partial charge in [-0.15, -0.1) is 0 Å². The Bertz CT molecular complexity index is 1140. The van der Waals surface area contributed by atoms with Crippen molar-refractivity contribution in [3.63, 3.8) is 0 Å². The number of hydrogen-bond acceptors (Lipinski definition) is 4. The van der Waals surface area contributed by atoms with Gasteiger partial charge < -0.3 is 20.5 Å². The van der Waals surface area contributed by atoms with Gasteiger partial charge in [-0.1, -0.05) is 48.5 Å². The van der Waals surface area contributed by atoms with E-state index in [9.17, 15) is 19.5 Å². The SMILES string of the molecule is O=C(NC1CC2CC2(C(=O)NC2(C(=O)O)CCC2)C1)OCC1c2ccccc2-c2ccccc21. The number of hydrogen-bond donors (Lipinski definition) is 3. The standard InChI is InChI=1S/C27H28N2O5/c30-23(29-27(24(31)32)10-5-11-27)26-13-16(26)12-17(14-26)28-25(33)34-15-22-20-8-3-1-6-18(20)19-7-2-4-9-21(19)22/h1-4,6-9,16-17,22H,5,10-15H2,(H,28,33)(H,29,30)(H,31,32).